The van der Waals surface area contributed by atoms with Crippen molar-refractivity contribution in [3.63, 3.8) is 0 Å². The number of nitrogens with one attached hydrogen (secondary N) is 2. The van der Waals surface area contributed by atoms with E-state index in [9.17, 15) is 0 Å². The predicted octanol–water partition coefficient (Wildman–Crippen LogP) is 3.69. The molecule has 160 valence electrons. The lowest BCUT2D eigenvalue weighted by Crippen LogP contribution is -2.48. The Morgan fingerprint density at radius 1 is 1.18 bits per heavy atom. The molecule has 0 atom stereocenters. The van der Waals surface area contributed by atoms with E-state index in [2.05, 4.69) is 72.5 Å². The molecule has 1 heterocycles. The lowest BCUT2D eigenvalue weighted by atomic mass is 10.1. The lowest BCUT2D eigenvalue weighted by molar-refractivity contribution is 0.206. The summed E-state index contributed by atoms with van der Waals surface area (Å²) < 4.78 is 0. The van der Waals surface area contributed by atoms with Gasteiger partial charge in [-0.1, -0.05) is 38.1 Å². The topological polar surface area (TPSA) is 42.9 Å². The van der Waals surface area contributed by atoms with Gasteiger partial charge in [-0.3, -0.25) is 0 Å². The quantitative estimate of drug-likeness (QED) is 0.308. The second-order valence-corrected chi connectivity index (χ2v) is 7.61. The highest BCUT2D eigenvalue weighted by molar-refractivity contribution is 14.0. The van der Waals surface area contributed by atoms with E-state index in [1.165, 1.54) is 50.0 Å². The molecule has 0 aromatic heterocycles. The van der Waals surface area contributed by atoms with E-state index in [-0.39, 0.29) is 24.0 Å². The summed E-state index contributed by atoms with van der Waals surface area (Å²) in [6.07, 6.45) is 3.64. The maximum Gasteiger partial charge on any atom is 0.191 e. The van der Waals surface area contributed by atoms with Crippen LogP contribution in [0.3, 0.4) is 0 Å². The molecule has 28 heavy (non-hydrogen) atoms. The van der Waals surface area contributed by atoms with Gasteiger partial charge in [-0.05, 0) is 57.5 Å². The number of nitrogens with zero attached hydrogens (tertiary/aromatic N) is 3. The summed E-state index contributed by atoms with van der Waals surface area (Å²) in [6, 6.07) is 9.33. The standard InChI is InChI=1S/C22H39N5.HI/c1-5-13-27-14-11-21(12-15-27)25-22(23-6-2)24-17-19-9-8-10-20(16-19)18-26(4)7-3;/h8-10,16,21H,5-7,11-15,17-18H2,1-4H3,(H2,23,24,25);1H. The Morgan fingerprint density at radius 2 is 1.89 bits per heavy atom. The minimum Gasteiger partial charge on any atom is -0.357 e. The number of aliphatic imine (C=N–C) groups is 1. The Bertz CT molecular complexity index is 570. The summed E-state index contributed by atoms with van der Waals surface area (Å²) in [5.41, 5.74) is 2.63. The summed E-state index contributed by atoms with van der Waals surface area (Å²) in [5, 5.41) is 7.06. The summed E-state index contributed by atoms with van der Waals surface area (Å²) in [4.78, 5) is 9.73. The molecule has 0 bridgehead atoms. The van der Waals surface area contributed by atoms with Crippen LogP contribution in [0.25, 0.3) is 0 Å². The van der Waals surface area contributed by atoms with E-state index < -0.39 is 0 Å². The number of halogens is 1. The SMILES string of the molecule is CCCN1CCC(NC(=NCc2cccc(CN(C)CC)c2)NCC)CC1.I. The molecule has 1 aromatic carbocycles. The van der Waals surface area contributed by atoms with Crippen molar-refractivity contribution in [2.75, 3.05) is 39.8 Å². The molecule has 0 radical (unpaired) electrons. The lowest BCUT2D eigenvalue weighted by Gasteiger charge is -2.32. The van der Waals surface area contributed by atoms with Crippen molar-refractivity contribution in [3.05, 3.63) is 35.4 Å². The summed E-state index contributed by atoms with van der Waals surface area (Å²) in [7, 11) is 2.16. The van der Waals surface area contributed by atoms with Crippen LogP contribution in [0.15, 0.2) is 29.3 Å². The summed E-state index contributed by atoms with van der Waals surface area (Å²) in [5.74, 6) is 0.947. The maximum absolute atomic E-state index is 4.84. The van der Waals surface area contributed by atoms with Crippen molar-refractivity contribution in [3.8, 4) is 0 Å². The van der Waals surface area contributed by atoms with Crippen LogP contribution in [-0.2, 0) is 13.1 Å². The normalized spacial score (nSPS) is 16.1. The first-order valence-corrected chi connectivity index (χ1v) is 10.7. The number of hydrogen-bond acceptors (Lipinski definition) is 3. The van der Waals surface area contributed by atoms with E-state index in [1.807, 2.05) is 0 Å². The van der Waals surface area contributed by atoms with Gasteiger partial charge in [0.1, 0.15) is 0 Å². The molecule has 6 heteroatoms. The molecule has 0 amide bonds. The van der Waals surface area contributed by atoms with Crippen LogP contribution in [0.5, 0.6) is 0 Å². The third kappa shape index (κ3) is 9.09. The van der Waals surface area contributed by atoms with Gasteiger partial charge in [-0.15, -0.1) is 24.0 Å². The molecule has 1 fully saturated rings. The van der Waals surface area contributed by atoms with Gasteiger partial charge in [0.15, 0.2) is 5.96 Å². The van der Waals surface area contributed by atoms with Crippen LogP contribution in [0.2, 0.25) is 0 Å². The fraction of sp³-hybridized carbons (Fsp3) is 0.682. The summed E-state index contributed by atoms with van der Waals surface area (Å²) >= 11 is 0. The van der Waals surface area contributed by atoms with Crippen molar-refractivity contribution < 1.29 is 0 Å². The number of benzene rings is 1. The average Bonchev–Trinajstić information content (AvgIpc) is 2.68. The van der Waals surface area contributed by atoms with Crippen LogP contribution in [0, 0.1) is 0 Å². The zero-order valence-electron chi connectivity index (χ0n) is 18.2. The molecule has 0 saturated carbocycles. The van der Waals surface area contributed by atoms with Crippen molar-refractivity contribution in [2.24, 2.45) is 4.99 Å². The second kappa shape index (κ2) is 14.2. The van der Waals surface area contributed by atoms with E-state index in [1.54, 1.807) is 0 Å². The van der Waals surface area contributed by atoms with Gasteiger partial charge in [0, 0.05) is 32.2 Å². The number of likely N-dealkylation sites (tertiary alicyclic amines) is 1. The van der Waals surface area contributed by atoms with Crippen molar-refractivity contribution in [1.29, 1.82) is 0 Å². The van der Waals surface area contributed by atoms with Crippen LogP contribution >= 0.6 is 24.0 Å². The Labute approximate surface area is 189 Å². The smallest absolute Gasteiger partial charge is 0.191 e. The zero-order chi connectivity index (χ0) is 19.5. The number of piperidine rings is 1. The van der Waals surface area contributed by atoms with Crippen molar-refractivity contribution >= 4 is 29.9 Å². The van der Waals surface area contributed by atoms with Gasteiger partial charge in [0.2, 0.25) is 0 Å². The molecule has 5 nitrogen and oxygen atoms in total. The molecule has 2 rings (SSSR count). The van der Waals surface area contributed by atoms with E-state index in [0.29, 0.717) is 12.6 Å². The first kappa shape index (κ1) is 25.2. The number of guanidine groups is 1. The number of hydrogen-bond donors (Lipinski definition) is 2. The molecule has 1 aromatic rings. The van der Waals surface area contributed by atoms with Gasteiger partial charge in [0.05, 0.1) is 6.54 Å². The monoisotopic (exact) mass is 501 g/mol. The van der Waals surface area contributed by atoms with Gasteiger partial charge < -0.3 is 20.4 Å². The number of rotatable bonds is 9. The fourth-order valence-electron chi connectivity index (χ4n) is 3.55. The molecule has 1 saturated heterocycles. The highest BCUT2D eigenvalue weighted by Crippen LogP contribution is 2.11. The van der Waals surface area contributed by atoms with Gasteiger partial charge in [-0.25, -0.2) is 4.99 Å². The Balaban J connectivity index is 0.00000392. The van der Waals surface area contributed by atoms with Gasteiger partial charge in [0.25, 0.3) is 0 Å². The molecule has 1 aliphatic heterocycles. The third-order valence-corrected chi connectivity index (χ3v) is 5.22. The van der Waals surface area contributed by atoms with Crippen molar-refractivity contribution in [1.82, 2.24) is 20.4 Å². The van der Waals surface area contributed by atoms with Crippen LogP contribution < -0.4 is 10.6 Å². The van der Waals surface area contributed by atoms with Crippen molar-refractivity contribution in [2.45, 2.75) is 59.2 Å². The van der Waals surface area contributed by atoms with Gasteiger partial charge >= 0.3 is 0 Å². The molecule has 1 aliphatic rings. The molecule has 0 aliphatic carbocycles. The van der Waals surface area contributed by atoms with Crippen LogP contribution in [-0.4, -0.2) is 61.6 Å². The molecule has 2 N–H and O–H groups in total. The van der Waals surface area contributed by atoms with E-state index in [0.717, 1.165) is 25.6 Å². The maximum atomic E-state index is 4.84. The first-order chi connectivity index (χ1) is 13.1. The predicted molar refractivity (Wildman–Crippen MR) is 132 cm³/mol. The molecule has 0 spiro atoms. The largest absolute Gasteiger partial charge is 0.357 e. The minimum atomic E-state index is 0. The highest BCUT2D eigenvalue weighted by Gasteiger charge is 2.19. The van der Waals surface area contributed by atoms with E-state index >= 15 is 0 Å². The third-order valence-electron chi connectivity index (χ3n) is 5.22. The molecular weight excluding hydrogens is 461 g/mol. The molecule has 0 unspecified atom stereocenters. The first-order valence-electron chi connectivity index (χ1n) is 10.7. The van der Waals surface area contributed by atoms with E-state index in [4.69, 9.17) is 4.99 Å². The van der Waals surface area contributed by atoms with Crippen LogP contribution in [0.4, 0.5) is 0 Å². The summed E-state index contributed by atoms with van der Waals surface area (Å²) in [6.45, 7) is 13.8. The average molecular weight is 502 g/mol. The Morgan fingerprint density at radius 3 is 2.54 bits per heavy atom. The van der Waals surface area contributed by atoms with Crippen LogP contribution in [0.1, 0.15) is 51.2 Å². The Kier molecular flexibility index (Phi) is 12.7. The fourth-order valence-corrected chi connectivity index (χ4v) is 3.55. The highest BCUT2D eigenvalue weighted by atomic mass is 127. The second-order valence-electron chi connectivity index (χ2n) is 7.61. The zero-order valence-corrected chi connectivity index (χ0v) is 20.5. The van der Waals surface area contributed by atoms with Gasteiger partial charge in [-0.2, -0.15) is 0 Å². The minimum absolute atomic E-state index is 0. The molecular formula is C22H40IN5. The Hall–Kier alpha value is -0.860.